The molecule has 1 amide bonds. The molecule has 0 aliphatic carbocycles. The van der Waals surface area contributed by atoms with Gasteiger partial charge in [-0.1, -0.05) is 23.7 Å². The van der Waals surface area contributed by atoms with E-state index in [0.29, 0.717) is 23.7 Å². The molecule has 2 rings (SSSR count). The molecule has 0 atom stereocenters. The highest BCUT2D eigenvalue weighted by molar-refractivity contribution is 6.30. The Hall–Kier alpha value is -2.00. The molecule has 110 valence electrons. The van der Waals surface area contributed by atoms with Gasteiger partial charge in [0, 0.05) is 10.6 Å². The molecule has 0 saturated carbocycles. The molecule has 0 aliphatic heterocycles. The fourth-order valence-corrected chi connectivity index (χ4v) is 2.08. The molecule has 4 heteroatoms. The number of rotatable bonds is 5. The number of aryl methyl sites for hydroxylation is 1. The first-order valence-corrected chi connectivity index (χ1v) is 7.18. The predicted molar refractivity (Wildman–Crippen MR) is 85.2 cm³/mol. The number of benzene rings is 2. The lowest BCUT2D eigenvalue weighted by atomic mass is 10.0. The van der Waals surface area contributed by atoms with Crippen LogP contribution in [0.15, 0.2) is 42.5 Å². The number of carbonyl (C=O) groups is 1. The van der Waals surface area contributed by atoms with Gasteiger partial charge in [-0.05, 0) is 55.3 Å². The van der Waals surface area contributed by atoms with Gasteiger partial charge in [0.2, 0.25) is 0 Å². The Morgan fingerprint density at radius 1 is 1.14 bits per heavy atom. The van der Waals surface area contributed by atoms with Crippen molar-refractivity contribution in [2.24, 2.45) is 0 Å². The van der Waals surface area contributed by atoms with Crippen LogP contribution in [0.1, 0.15) is 21.5 Å². The normalized spacial score (nSPS) is 10.2. The second kappa shape index (κ2) is 7.14. The van der Waals surface area contributed by atoms with Crippen molar-refractivity contribution in [2.45, 2.75) is 13.8 Å². The lowest BCUT2D eigenvalue weighted by Gasteiger charge is -2.10. The molecular weight excluding hydrogens is 286 g/mol. The zero-order valence-corrected chi connectivity index (χ0v) is 12.9. The molecule has 0 radical (unpaired) electrons. The maximum Gasteiger partial charge on any atom is 0.251 e. The topological polar surface area (TPSA) is 38.3 Å². The number of halogens is 1. The average molecular weight is 304 g/mol. The SMILES string of the molecule is Cc1cccc(C(=O)NCCOc2ccc(Cl)cc2)c1C. The molecule has 2 aromatic carbocycles. The van der Waals surface area contributed by atoms with Crippen LogP contribution in [0.2, 0.25) is 5.02 Å². The summed E-state index contributed by atoms with van der Waals surface area (Å²) in [6.07, 6.45) is 0. The quantitative estimate of drug-likeness (QED) is 0.854. The number of nitrogens with one attached hydrogen (secondary N) is 1. The second-order valence-corrected chi connectivity index (χ2v) is 5.24. The van der Waals surface area contributed by atoms with E-state index in [-0.39, 0.29) is 5.91 Å². The third kappa shape index (κ3) is 4.23. The highest BCUT2D eigenvalue weighted by atomic mass is 35.5. The third-order valence-electron chi connectivity index (χ3n) is 3.32. The monoisotopic (exact) mass is 303 g/mol. The maximum atomic E-state index is 12.1. The van der Waals surface area contributed by atoms with Gasteiger partial charge >= 0.3 is 0 Å². The Kier molecular flexibility index (Phi) is 5.23. The molecule has 2 aromatic rings. The molecule has 0 aliphatic rings. The van der Waals surface area contributed by atoms with Gasteiger partial charge in [-0.3, -0.25) is 4.79 Å². The summed E-state index contributed by atoms with van der Waals surface area (Å²) in [6, 6.07) is 12.9. The van der Waals surface area contributed by atoms with Crippen molar-refractivity contribution < 1.29 is 9.53 Å². The van der Waals surface area contributed by atoms with Crippen molar-refractivity contribution in [3.05, 3.63) is 64.2 Å². The second-order valence-electron chi connectivity index (χ2n) is 4.81. The Labute approximate surface area is 129 Å². The van der Waals surface area contributed by atoms with Crippen LogP contribution in [0.5, 0.6) is 5.75 Å². The minimum atomic E-state index is -0.0732. The standard InChI is InChI=1S/C17H18ClNO2/c1-12-4-3-5-16(13(12)2)17(20)19-10-11-21-15-8-6-14(18)7-9-15/h3-9H,10-11H2,1-2H3,(H,19,20). The lowest BCUT2D eigenvalue weighted by molar-refractivity contribution is 0.0946. The van der Waals surface area contributed by atoms with E-state index in [1.807, 2.05) is 32.0 Å². The van der Waals surface area contributed by atoms with E-state index >= 15 is 0 Å². The van der Waals surface area contributed by atoms with E-state index in [4.69, 9.17) is 16.3 Å². The molecule has 0 saturated heterocycles. The summed E-state index contributed by atoms with van der Waals surface area (Å²) in [4.78, 5) is 12.1. The fraction of sp³-hybridized carbons (Fsp3) is 0.235. The molecule has 0 spiro atoms. The number of hydrogen-bond acceptors (Lipinski definition) is 2. The van der Waals surface area contributed by atoms with Crippen LogP contribution in [0, 0.1) is 13.8 Å². The lowest BCUT2D eigenvalue weighted by Crippen LogP contribution is -2.28. The average Bonchev–Trinajstić information content (AvgIpc) is 2.48. The van der Waals surface area contributed by atoms with Gasteiger partial charge in [0.15, 0.2) is 0 Å². The zero-order chi connectivity index (χ0) is 15.2. The Bertz CT molecular complexity index is 623. The van der Waals surface area contributed by atoms with Gasteiger partial charge in [0.1, 0.15) is 12.4 Å². The summed E-state index contributed by atoms with van der Waals surface area (Å²) in [5.41, 5.74) is 2.83. The third-order valence-corrected chi connectivity index (χ3v) is 3.57. The molecule has 0 bridgehead atoms. The van der Waals surface area contributed by atoms with Crippen LogP contribution in [0.4, 0.5) is 0 Å². The van der Waals surface area contributed by atoms with Crippen molar-refractivity contribution in [1.29, 1.82) is 0 Å². The number of carbonyl (C=O) groups excluding carboxylic acids is 1. The highest BCUT2D eigenvalue weighted by Crippen LogP contribution is 2.15. The van der Waals surface area contributed by atoms with Crippen LogP contribution in [0.25, 0.3) is 0 Å². The molecule has 3 nitrogen and oxygen atoms in total. The predicted octanol–water partition coefficient (Wildman–Crippen LogP) is 3.77. The van der Waals surface area contributed by atoms with Crippen molar-refractivity contribution >= 4 is 17.5 Å². The highest BCUT2D eigenvalue weighted by Gasteiger charge is 2.09. The van der Waals surface area contributed by atoms with Crippen molar-refractivity contribution in [2.75, 3.05) is 13.2 Å². The zero-order valence-electron chi connectivity index (χ0n) is 12.2. The van der Waals surface area contributed by atoms with Crippen LogP contribution >= 0.6 is 11.6 Å². The van der Waals surface area contributed by atoms with Crippen LogP contribution < -0.4 is 10.1 Å². The van der Waals surface area contributed by atoms with Crippen molar-refractivity contribution in [3.8, 4) is 5.75 Å². The van der Waals surface area contributed by atoms with Gasteiger partial charge in [-0.15, -0.1) is 0 Å². The van der Waals surface area contributed by atoms with Crippen LogP contribution in [0.3, 0.4) is 0 Å². The van der Waals surface area contributed by atoms with Gasteiger partial charge in [-0.2, -0.15) is 0 Å². The molecule has 21 heavy (non-hydrogen) atoms. The molecule has 0 heterocycles. The summed E-state index contributed by atoms with van der Waals surface area (Å²) < 4.78 is 5.53. The van der Waals surface area contributed by atoms with Crippen LogP contribution in [-0.4, -0.2) is 19.1 Å². The van der Waals surface area contributed by atoms with Crippen LogP contribution in [-0.2, 0) is 0 Å². The minimum absolute atomic E-state index is 0.0732. The van der Waals surface area contributed by atoms with E-state index in [1.165, 1.54) is 0 Å². The largest absolute Gasteiger partial charge is 0.492 e. The number of ether oxygens (including phenoxy) is 1. The van der Waals surface area contributed by atoms with Crippen molar-refractivity contribution in [1.82, 2.24) is 5.32 Å². The van der Waals surface area contributed by atoms with Crippen molar-refractivity contribution in [3.63, 3.8) is 0 Å². The summed E-state index contributed by atoms with van der Waals surface area (Å²) >= 11 is 5.80. The molecule has 1 N–H and O–H groups in total. The van der Waals surface area contributed by atoms with Gasteiger partial charge in [0.05, 0.1) is 6.54 Å². The van der Waals surface area contributed by atoms with E-state index in [2.05, 4.69) is 5.32 Å². The molecule has 0 fully saturated rings. The number of hydrogen-bond donors (Lipinski definition) is 1. The molecular formula is C17H18ClNO2. The fourth-order valence-electron chi connectivity index (χ4n) is 1.96. The summed E-state index contributed by atoms with van der Waals surface area (Å²) in [6.45, 7) is 4.82. The molecule has 0 aromatic heterocycles. The Balaban J connectivity index is 1.82. The van der Waals surface area contributed by atoms with E-state index in [9.17, 15) is 4.79 Å². The summed E-state index contributed by atoms with van der Waals surface area (Å²) in [7, 11) is 0. The summed E-state index contributed by atoms with van der Waals surface area (Å²) in [5, 5.41) is 3.53. The summed E-state index contributed by atoms with van der Waals surface area (Å²) in [5.74, 6) is 0.663. The van der Waals surface area contributed by atoms with Gasteiger partial charge in [-0.25, -0.2) is 0 Å². The Morgan fingerprint density at radius 3 is 2.57 bits per heavy atom. The first-order valence-electron chi connectivity index (χ1n) is 6.80. The first kappa shape index (κ1) is 15.4. The number of amides is 1. The van der Waals surface area contributed by atoms with Gasteiger partial charge in [0.25, 0.3) is 5.91 Å². The Morgan fingerprint density at radius 2 is 1.86 bits per heavy atom. The van der Waals surface area contributed by atoms with E-state index < -0.39 is 0 Å². The van der Waals surface area contributed by atoms with Gasteiger partial charge < -0.3 is 10.1 Å². The molecule has 0 unspecified atom stereocenters. The van der Waals surface area contributed by atoms with E-state index in [0.717, 1.165) is 16.9 Å². The van der Waals surface area contributed by atoms with E-state index in [1.54, 1.807) is 24.3 Å². The maximum absolute atomic E-state index is 12.1. The first-order chi connectivity index (χ1) is 10.1. The smallest absolute Gasteiger partial charge is 0.251 e. The minimum Gasteiger partial charge on any atom is -0.492 e.